The molecule has 0 radical (unpaired) electrons. The van der Waals surface area contributed by atoms with Gasteiger partial charge in [0.2, 0.25) is 0 Å². The summed E-state index contributed by atoms with van der Waals surface area (Å²) in [6, 6.07) is 7.82. The van der Waals surface area contributed by atoms with Crippen LogP contribution in [0.4, 0.5) is 10.8 Å². The van der Waals surface area contributed by atoms with Crippen LogP contribution >= 0.6 is 23.1 Å². The Morgan fingerprint density at radius 3 is 2.88 bits per heavy atom. The number of thiazole rings is 1. The molecule has 0 atom stereocenters. The average Bonchev–Trinajstić information content (AvgIpc) is 2.78. The third-order valence-corrected chi connectivity index (χ3v) is 3.63. The van der Waals surface area contributed by atoms with E-state index in [9.17, 15) is 4.79 Å². The minimum Gasteiger partial charge on any atom is -0.476 e. The van der Waals surface area contributed by atoms with E-state index in [1.54, 1.807) is 11.8 Å². The summed E-state index contributed by atoms with van der Waals surface area (Å²) in [6.07, 6.45) is 1.99. The van der Waals surface area contributed by atoms with E-state index in [2.05, 4.69) is 10.3 Å². The first kappa shape index (κ1) is 11.9. The summed E-state index contributed by atoms with van der Waals surface area (Å²) >= 11 is 2.91. The van der Waals surface area contributed by atoms with Crippen molar-refractivity contribution in [2.75, 3.05) is 11.6 Å². The number of nitrogens with one attached hydrogen (secondary N) is 1. The number of hydrogen-bond donors (Lipinski definition) is 2. The highest BCUT2D eigenvalue weighted by Crippen LogP contribution is 2.28. The van der Waals surface area contributed by atoms with Crippen LogP contribution < -0.4 is 5.32 Å². The molecule has 0 unspecified atom stereocenters. The molecule has 0 amide bonds. The molecule has 1 heterocycles. The van der Waals surface area contributed by atoms with Gasteiger partial charge in [0, 0.05) is 10.3 Å². The first-order valence-corrected chi connectivity index (χ1v) is 6.90. The van der Waals surface area contributed by atoms with E-state index in [0.717, 1.165) is 10.6 Å². The average molecular weight is 266 g/mol. The Morgan fingerprint density at radius 2 is 2.24 bits per heavy atom. The van der Waals surface area contributed by atoms with Gasteiger partial charge in [-0.25, -0.2) is 9.78 Å². The van der Waals surface area contributed by atoms with E-state index in [1.165, 1.54) is 16.7 Å². The van der Waals surface area contributed by atoms with Crippen LogP contribution in [-0.2, 0) is 0 Å². The van der Waals surface area contributed by atoms with E-state index in [-0.39, 0.29) is 5.69 Å². The van der Waals surface area contributed by atoms with Crippen molar-refractivity contribution in [2.45, 2.75) is 4.90 Å². The van der Waals surface area contributed by atoms with Crippen molar-refractivity contribution < 1.29 is 9.90 Å². The monoisotopic (exact) mass is 266 g/mol. The predicted octanol–water partition coefficient (Wildman–Crippen LogP) is 3.31. The summed E-state index contributed by atoms with van der Waals surface area (Å²) in [5.74, 6) is -1.01. The van der Waals surface area contributed by atoms with Gasteiger partial charge in [-0.15, -0.1) is 23.1 Å². The molecule has 0 aliphatic carbocycles. The summed E-state index contributed by atoms with van der Waals surface area (Å²) in [4.78, 5) is 15.8. The molecule has 2 rings (SSSR count). The number of carboxylic acid groups (broad SMARTS) is 1. The molecular weight excluding hydrogens is 256 g/mol. The number of aromatic carboxylic acids is 1. The first-order valence-electron chi connectivity index (χ1n) is 4.79. The van der Waals surface area contributed by atoms with Crippen molar-refractivity contribution in [3.63, 3.8) is 0 Å². The molecule has 2 aromatic rings. The van der Waals surface area contributed by atoms with Crippen molar-refractivity contribution in [3.05, 3.63) is 35.3 Å². The topological polar surface area (TPSA) is 62.2 Å². The van der Waals surface area contributed by atoms with Gasteiger partial charge in [-0.1, -0.05) is 12.1 Å². The number of hydrogen-bond acceptors (Lipinski definition) is 5. The highest BCUT2D eigenvalue weighted by Gasteiger charge is 2.09. The molecule has 1 aromatic carbocycles. The van der Waals surface area contributed by atoms with Gasteiger partial charge in [0.05, 0.1) is 5.69 Å². The Bertz CT molecular complexity index is 540. The summed E-state index contributed by atoms with van der Waals surface area (Å²) in [7, 11) is 0. The van der Waals surface area contributed by atoms with Crippen molar-refractivity contribution in [2.24, 2.45) is 0 Å². The highest BCUT2D eigenvalue weighted by atomic mass is 32.2. The lowest BCUT2D eigenvalue weighted by molar-refractivity contribution is 0.0691. The molecule has 0 spiro atoms. The van der Waals surface area contributed by atoms with Crippen molar-refractivity contribution >= 4 is 39.9 Å². The van der Waals surface area contributed by atoms with E-state index in [4.69, 9.17) is 5.11 Å². The van der Waals surface area contributed by atoms with Crippen LogP contribution in [0.1, 0.15) is 10.5 Å². The largest absolute Gasteiger partial charge is 0.476 e. The maximum Gasteiger partial charge on any atom is 0.355 e. The smallest absolute Gasteiger partial charge is 0.355 e. The third kappa shape index (κ3) is 2.78. The molecule has 0 aliphatic rings. The SMILES string of the molecule is CSc1ccccc1Nc1nc(C(=O)O)cs1. The van der Waals surface area contributed by atoms with Gasteiger partial charge in [-0.3, -0.25) is 0 Å². The van der Waals surface area contributed by atoms with E-state index >= 15 is 0 Å². The minimum atomic E-state index is -1.01. The number of para-hydroxylation sites is 1. The molecule has 0 bridgehead atoms. The molecule has 0 saturated carbocycles. The van der Waals surface area contributed by atoms with Gasteiger partial charge in [0.1, 0.15) is 0 Å². The zero-order chi connectivity index (χ0) is 12.3. The highest BCUT2D eigenvalue weighted by molar-refractivity contribution is 7.98. The molecule has 88 valence electrons. The van der Waals surface area contributed by atoms with Gasteiger partial charge in [-0.05, 0) is 18.4 Å². The fourth-order valence-electron chi connectivity index (χ4n) is 1.29. The summed E-state index contributed by atoms with van der Waals surface area (Å²) in [5, 5.41) is 14.0. The summed E-state index contributed by atoms with van der Waals surface area (Å²) in [6.45, 7) is 0. The standard InChI is InChI=1S/C11H10N2O2S2/c1-16-9-5-3-2-4-7(9)12-11-13-8(6-17-11)10(14)15/h2-6H,1H3,(H,12,13)(H,14,15). The number of thioether (sulfide) groups is 1. The Kier molecular flexibility index (Phi) is 3.65. The number of carbonyl (C=O) groups is 1. The van der Waals surface area contributed by atoms with E-state index in [1.807, 2.05) is 30.5 Å². The van der Waals surface area contributed by atoms with Gasteiger partial charge >= 0.3 is 5.97 Å². The fourth-order valence-corrected chi connectivity index (χ4v) is 2.54. The molecular formula is C11H10N2O2S2. The number of nitrogens with zero attached hydrogens (tertiary/aromatic N) is 1. The zero-order valence-electron chi connectivity index (χ0n) is 9.01. The maximum absolute atomic E-state index is 10.7. The van der Waals surface area contributed by atoms with E-state index < -0.39 is 5.97 Å². The van der Waals surface area contributed by atoms with Gasteiger partial charge in [0.15, 0.2) is 10.8 Å². The molecule has 2 N–H and O–H groups in total. The van der Waals surface area contributed by atoms with Crippen LogP contribution in [0.15, 0.2) is 34.5 Å². The number of carboxylic acids is 1. The molecule has 1 aromatic heterocycles. The number of aromatic nitrogens is 1. The Hall–Kier alpha value is -1.53. The summed E-state index contributed by atoms with van der Waals surface area (Å²) < 4.78 is 0. The first-order chi connectivity index (χ1) is 8.20. The predicted molar refractivity (Wildman–Crippen MR) is 70.6 cm³/mol. The lowest BCUT2D eigenvalue weighted by atomic mass is 10.3. The molecule has 0 aliphatic heterocycles. The van der Waals surface area contributed by atoms with E-state index in [0.29, 0.717) is 5.13 Å². The Morgan fingerprint density at radius 1 is 1.47 bits per heavy atom. The molecule has 0 saturated heterocycles. The quantitative estimate of drug-likeness (QED) is 0.831. The fraction of sp³-hybridized carbons (Fsp3) is 0.0909. The van der Waals surface area contributed by atoms with Crippen LogP contribution in [0.25, 0.3) is 0 Å². The number of anilines is 2. The number of benzene rings is 1. The molecule has 6 heteroatoms. The lowest BCUT2D eigenvalue weighted by Gasteiger charge is -2.06. The zero-order valence-corrected chi connectivity index (χ0v) is 10.6. The molecule has 4 nitrogen and oxygen atoms in total. The lowest BCUT2D eigenvalue weighted by Crippen LogP contribution is -1.97. The van der Waals surface area contributed by atoms with Crippen LogP contribution in [0.3, 0.4) is 0 Å². The Labute approximate surface area is 107 Å². The normalized spacial score (nSPS) is 10.2. The van der Waals surface area contributed by atoms with Crippen LogP contribution in [0.5, 0.6) is 0 Å². The van der Waals surface area contributed by atoms with Crippen molar-refractivity contribution in [1.82, 2.24) is 4.98 Å². The summed E-state index contributed by atoms with van der Waals surface area (Å²) in [5.41, 5.74) is 1.01. The Balaban J connectivity index is 2.22. The second kappa shape index (κ2) is 5.20. The van der Waals surface area contributed by atoms with Gasteiger partial charge < -0.3 is 10.4 Å². The molecule has 0 fully saturated rings. The van der Waals surface area contributed by atoms with Crippen LogP contribution in [0.2, 0.25) is 0 Å². The van der Waals surface area contributed by atoms with Gasteiger partial charge in [0.25, 0.3) is 0 Å². The minimum absolute atomic E-state index is 0.0686. The maximum atomic E-state index is 10.7. The van der Waals surface area contributed by atoms with Crippen molar-refractivity contribution in [3.8, 4) is 0 Å². The van der Waals surface area contributed by atoms with Gasteiger partial charge in [-0.2, -0.15) is 0 Å². The van der Waals surface area contributed by atoms with Crippen molar-refractivity contribution in [1.29, 1.82) is 0 Å². The third-order valence-electron chi connectivity index (χ3n) is 2.07. The molecule has 17 heavy (non-hydrogen) atoms. The van der Waals surface area contributed by atoms with Crippen LogP contribution in [0, 0.1) is 0 Å². The van der Waals surface area contributed by atoms with Crippen LogP contribution in [-0.4, -0.2) is 22.3 Å². The second-order valence-electron chi connectivity index (χ2n) is 3.17. The number of rotatable bonds is 4. The second-order valence-corrected chi connectivity index (χ2v) is 4.87.